The normalized spacial score (nSPS) is 12.0. The summed E-state index contributed by atoms with van der Waals surface area (Å²) >= 11 is 0. The zero-order valence-electron chi connectivity index (χ0n) is 11.2. The molecule has 1 rings (SSSR count). The molecular formula is C14H21NO3. The molecule has 1 aromatic rings. The number of hydrogen-bond donors (Lipinski definition) is 2. The van der Waals surface area contributed by atoms with E-state index < -0.39 is 6.10 Å². The Balaban J connectivity index is 2.45. The summed E-state index contributed by atoms with van der Waals surface area (Å²) in [5.41, 5.74) is 1.87. The Kier molecular flexibility index (Phi) is 5.65. The largest absolute Gasteiger partial charge is 0.493 e. The maximum absolute atomic E-state index is 11.0. The summed E-state index contributed by atoms with van der Waals surface area (Å²) in [5.74, 6) is 0.830. The maximum Gasteiger partial charge on any atom is 0.219 e. The first kappa shape index (κ1) is 14.5. The minimum Gasteiger partial charge on any atom is -0.493 e. The van der Waals surface area contributed by atoms with Crippen LogP contribution in [0.1, 0.15) is 37.0 Å². The second-order valence-electron chi connectivity index (χ2n) is 4.33. The topological polar surface area (TPSA) is 58.6 Å². The molecule has 2 N–H and O–H groups in total. The molecule has 1 amide bonds. The first-order valence-electron chi connectivity index (χ1n) is 6.16. The highest BCUT2D eigenvalue weighted by molar-refractivity contribution is 5.75. The lowest BCUT2D eigenvalue weighted by atomic mass is 10.1. The number of ether oxygens (including phenoxy) is 1. The molecule has 0 saturated carbocycles. The molecule has 1 aromatic carbocycles. The van der Waals surface area contributed by atoms with Gasteiger partial charge in [0.15, 0.2) is 0 Å². The number of hydrogen-bond acceptors (Lipinski definition) is 3. The molecule has 4 heteroatoms. The third kappa shape index (κ3) is 4.37. The van der Waals surface area contributed by atoms with Crippen molar-refractivity contribution in [3.8, 4) is 5.75 Å². The average Bonchev–Trinajstić information content (AvgIpc) is 2.35. The van der Waals surface area contributed by atoms with E-state index in [1.165, 1.54) is 0 Å². The number of aliphatic hydroxyl groups is 1. The number of amides is 1. The molecule has 0 spiro atoms. The Morgan fingerprint density at radius 3 is 2.78 bits per heavy atom. The van der Waals surface area contributed by atoms with Crippen LogP contribution < -0.4 is 10.1 Å². The van der Waals surface area contributed by atoms with Gasteiger partial charge in [0, 0.05) is 13.5 Å². The fourth-order valence-corrected chi connectivity index (χ4v) is 1.63. The molecule has 0 saturated heterocycles. The van der Waals surface area contributed by atoms with E-state index in [9.17, 15) is 9.90 Å². The molecule has 0 radical (unpaired) electrons. The van der Waals surface area contributed by atoms with E-state index in [0.29, 0.717) is 19.4 Å². The molecule has 4 nitrogen and oxygen atoms in total. The molecule has 0 aliphatic rings. The van der Waals surface area contributed by atoms with Crippen LogP contribution in [0.4, 0.5) is 0 Å². The zero-order valence-corrected chi connectivity index (χ0v) is 11.2. The number of aryl methyl sites for hydroxylation is 1. The van der Waals surface area contributed by atoms with E-state index in [1.807, 2.05) is 25.1 Å². The first-order chi connectivity index (χ1) is 8.54. The van der Waals surface area contributed by atoms with Crippen LogP contribution in [0.25, 0.3) is 0 Å². The number of benzene rings is 1. The molecule has 18 heavy (non-hydrogen) atoms. The minimum absolute atomic E-state index is 0.0276. The van der Waals surface area contributed by atoms with E-state index >= 15 is 0 Å². The predicted octanol–water partition coefficient (Wildman–Crippen LogP) is 1.95. The molecule has 1 atom stereocenters. The third-order valence-corrected chi connectivity index (χ3v) is 2.77. The van der Waals surface area contributed by atoms with Gasteiger partial charge in [-0.3, -0.25) is 4.79 Å². The molecule has 0 unspecified atom stereocenters. The van der Waals surface area contributed by atoms with Crippen molar-refractivity contribution in [2.75, 3.05) is 13.7 Å². The van der Waals surface area contributed by atoms with Crippen molar-refractivity contribution < 1.29 is 14.6 Å². The second kappa shape index (κ2) is 7.01. The highest BCUT2D eigenvalue weighted by Crippen LogP contribution is 2.22. The Morgan fingerprint density at radius 2 is 2.22 bits per heavy atom. The molecule has 0 aliphatic heterocycles. The summed E-state index contributed by atoms with van der Waals surface area (Å²) in [4.78, 5) is 11.0. The highest BCUT2D eigenvalue weighted by Gasteiger charge is 2.05. The monoisotopic (exact) mass is 251 g/mol. The molecule has 0 aromatic heterocycles. The summed E-state index contributed by atoms with van der Waals surface area (Å²) in [5, 5.41) is 12.0. The second-order valence-corrected chi connectivity index (χ2v) is 4.33. The van der Waals surface area contributed by atoms with Crippen LogP contribution in [0.5, 0.6) is 5.75 Å². The lowest BCUT2D eigenvalue weighted by Crippen LogP contribution is -2.18. The van der Waals surface area contributed by atoms with Gasteiger partial charge in [-0.25, -0.2) is 0 Å². The Bertz CT molecular complexity index is 402. The summed E-state index contributed by atoms with van der Waals surface area (Å²) in [6.45, 7) is 4.20. The lowest BCUT2D eigenvalue weighted by Gasteiger charge is -2.11. The molecule has 0 bridgehead atoms. The fourth-order valence-electron chi connectivity index (χ4n) is 1.63. The number of carbonyl (C=O) groups excluding carboxylic acids is 1. The van der Waals surface area contributed by atoms with Crippen LogP contribution >= 0.6 is 0 Å². The van der Waals surface area contributed by atoms with Gasteiger partial charge in [0.05, 0.1) is 12.7 Å². The Labute approximate surface area is 108 Å². The van der Waals surface area contributed by atoms with E-state index in [-0.39, 0.29) is 5.91 Å². The van der Waals surface area contributed by atoms with E-state index in [4.69, 9.17) is 4.74 Å². The van der Waals surface area contributed by atoms with Gasteiger partial charge >= 0.3 is 0 Å². The van der Waals surface area contributed by atoms with Gasteiger partial charge in [-0.1, -0.05) is 6.07 Å². The molecular weight excluding hydrogens is 230 g/mol. The molecule has 100 valence electrons. The van der Waals surface area contributed by atoms with Crippen molar-refractivity contribution >= 4 is 5.91 Å². The molecule has 0 fully saturated rings. The fraction of sp³-hybridized carbons (Fsp3) is 0.500. The van der Waals surface area contributed by atoms with Gasteiger partial charge in [-0.15, -0.1) is 0 Å². The van der Waals surface area contributed by atoms with Crippen molar-refractivity contribution in [1.29, 1.82) is 0 Å². The molecule has 0 heterocycles. The maximum atomic E-state index is 11.0. The lowest BCUT2D eigenvalue weighted by molar-refractivity contribution is -0.120. The Hall–Kier alpha value is -1.55. The van der Waals surface area contributed by atoms with Crippen molar-refractivity contribution in [2.24, 2.45) is 0 Å². The van der Waals surface area contributed by atoms with Gasteiger partial charge in [-0.05, 0) is 43.5 Å². The van der Waals surface area contributed by atoms with E-state index in [0.717, 1.165) is 16.9 Å². The molecule has 0 aliphatic carbocycles. The van der Waals surface area contributed by atoms with Gasteiger partial charge in [0.25, 0.3) is 0 Å². The average molecular weight is 251 g/mol. The van der Waals surface area contributed by atoms with Crippen molar-refractivity contribution in [3.05, 3.63) is 29.3 Å². The number of aliphatic hydroxyl groups excluding tert-OH is 1. The van der Waals surface area contributed by atoms with E-state index in [1.54, 1.807) is 14.0 Å². The summed E-state index contributed by atoms with van der Waals surface area (Å²) in [6, 6.07) is 5.63. The van der Waals surface area contributed by atoms with Crippen LogP contribution in [-0.4, -0.2) is 24.7 Å². The van der Waals surface area contributed by atoms with Crippen LogP contribution in [0.3, 0.4) is 0 Å². The number of carbonyl (C=O) groups is 1. The van der Waals surface area contributed by atoms with Crippen molar-refractivity contribution in [3.63, 3.8) is 0 Å². The van der Waals surface area contributed by atoms with Crippen LogP contribution in [0, 0.1) is 6.92 Å². The predicted molar refractivity (Wildman–Crippen MR) is 70.6 cm³/mol. The highest BCUT2D eigenvalue weighted by atomic mass is 16.5. The van der Waals surface area contributed by atoms with Crippen molar-refractivity contribution in [1.82, 2.24) is 5.32 Å². The van der Waals surface area contributed by atoms with Gasteiger partial charge in [0.2, 0.25) is 5.91 Å². The van der Waals surface area contributed by atoms with Crippen LogP contribution in [-0.2, 0) is 4.79 Å². The summed E-state index contributed by atoms with van der Waals surface area (Å²) < 4.78 is 5.60. The first-order valence-corrected chi connectivity index (χ1v) is 6.16. The summed E-state index contributed by atoms with van der Waals surface area (Å²) in [6.07, 6.45) is 0.699. The standard InChI is InChI=1S/C14H21NO3/c1-10-9-12(11(2)16)6-7-13(10)18-8-4-5-14(17)15-3/h6-7,9,11,16H,4-5,8H2,1-3H3,(H,15,17)/t11-/m1/s1. The van der Waals surface area contributed by atoms with Gasteiger partial charge in [0.1, 0.15) is 5.75 Å². The van der Waals surface area contributed by atoms with Crippen LogP contribution in [0.2, 0.25) is 0 Å². The smallest absolute Gasteiger partial charge is 0.219 e. The van der Waals surface area contributed by atoms with E-state index in [2.05, 4.69) is 5.32 Å². The number of rotatable bonds is 6. The van der Waals surface area contributed by atoms with Gasteiger partial charge in [-0.2, -0.15) is 0 Å². The minimum atomic E-state index is -0.467. The zero-order chi connectivity index (χ0) is 13.5. The Morgan fingerprint density at radius 1 is 1.50 bits per heavy atom. The summed E-state index contributed by atoms with van der Waals surface area (Å²) in [7, 11) is 1.63. The third-order valence-electron chi connectivity index (χ3n) is 2.77. The van der Waals surface area contributed by atoms with Crippen molar-refractivity contribution in [2.45, 2.75) is 32.8 Å². The quantitative estimate of drug-likeness (QED) is 0.760. The number of nitrogens with one attached hydrogen (secondary N) is 1. The SMILES string of the molecule is CNC(=O)CCCOc1ccc([C@@H](C)O)cc1C. The van der Waals surface area contributed by atoms with Crippen LogP contribution in [0.15, 0.2) is 18.2 Å². The van der Waals surface area contributed by atoms with Gasteiger partial charge < -0.3 is 15.2 Å².